The number of carbonyl (C=O) groups is 2. The Balaban J connectivity index is 1.62. The number of hydrogen-bond donors (Lipinski definition) is 1. The smallest absolute Gasteiger partial charge is 0.409 e. The van der Waals surface area contributed by atoms with Crippen LogP contribution in [0, 0.1) is 6.92 Å². The molecule has 154 valence electrons. The molecule has 0 unspecified atom stereocenters. The Labute approximate surface area is 166 Å². The Morgan fingerprint density at radius 2 is 1.71 bits per heavy atom. The van der Waals surface area contributed by atoms with Gasteiger partial charge < -0.3 is 19.9 Å². The van der Waals surface area contributed by atoms with Crippen molar-refractivity contribution in [3.63, 3.8) is 0 Å². The lowest BCUT2D eigenvalue weighted by molar-refractivity contribution is 0.0565. The molecule has 0 atom stereocenters. The number of amides is 2. The van der Waals surface area contributed by atoms with Crippen molar-refractivity contribution in [2.75, 3.05) is 38.1 Å². The Bertz CT molecular complexity index is 680. The number of rotatable bonds is 4. The van der Waals surface area contributed by atoms with Crippen LogP contribution >= 0.6 is 0 Å². The van der Waals surface area contributed by atoms with Crippen LogP contribution in [0.15, 0.2) is 6.07 Å². The summed E-state index contributed by atoms with van der Waals surface area (Å²) in [6, 6.07) is 2.17. The lowest BCUT2D eigenvalue weighted by Crippen LogP contribution is -2.50. The van der Waals surface area contributed by atoms with E-state index in [0.29, 0.717) is 50.3 Å². The maximum Gasteiger partial charge on any atom is 0.409 e. The third-order valence-electron chi connectivity index (χ3n) is 5.36. The molecule has 0 spiro atoms. The topological polar surface area (TPSA) is 87.7 Å². The minimum Gasteiger partial charge on any atom is -0.450 e. The summed E-state index contributed by atoms with van der Waals surface area (Å²) in [5, 5.41) is 3.50. The number of anilines is 1. The standard InChI is InChI=1S/C20H31N5O3/c1-3-28-20(27)25-12-10-24(11-13-25)19(26)17-14-18(22-15(2)21-17)23-16-8-6-4-5-7-9-16/h14,16H,3-13H2,1-2H3,(H,21,22,23). The molecule has 8 heteroatoms. The van der Waals surface area contributed by atoms with Gasteiger partial charge in [-0.25, -0.2) is 14.8 Å². The second-order valence-corrected chi connectivity index (χ2v) is 7.50. The fourth-order valence-corrected chi connectivity index (χ4v) is 3.85. The number of nitrogens with zero attached hydrogens (tertiary/aromatic N) is 4. The summed E-state index contributed by atoms with van der Waals surface area (Å²) in [6.07, 6.45) is 7.02. The molecule has 8 nitrogen and oxygen atoms in total. The molecular formula is C20H31N5O3. The molecule has 0 bridgehead atoms. The molecule has 1 aromatic rings. The van der Waals surface area contributed by atoms with E-state index in [-0.39, 0.29) is 12.0 Å². The van der Waals surface area contributed by atoms with Gasteiger partial charge in [0.1, 0.15) is 17.3 Å². The van der Waals surface area contributed by atoms with Crippen LogP contribution < -0.4 is 5.32 Å². The first-order valence-electron chi connectivity index (χ1n) is 10.4. The van der Waals surface area contributed by atoms with E-state index >= 15 is 0 Å². The van der Waals surface area contributed by atoms with Gasteiger partial charge in [0.25, 0.3) is 5.91 Å². The van der Waals surface area contributed by atoms with Gasteiger partial charge in [-0.15, -0.1) is 0 Å². The van der Waals surface area contributed by atoms with Crippen molar-refractivity contribution in [3.8, 4) is 0 Å². The molecule has 1 aliphatic carbocycles. The van der Waals surface area contributed by atoms with Crippen LogP contribution in [0.3, 0.4) is 0 Å². The molecule has 1 N–H and O–H groups in total. The minimum atomic E-state index is -0.317. The zero-order chi connectivity index (χ0) is 19.9. The molecule has 3 rings (SSSR count). The van der Waals surface area contributed by atoms with Crippen molar-refractivity contribution in [2.24, 2.45) is 0 Å². The minimum absolute atomic E-state index is 0.113. The van der Waals surface area contributed by atoms with Crippen LogP contribution in [0.25, 0.3) is 0 Å². The van der Waals surface area contributed by atoms with E-state index in [4.69, 9.17) is 4.74 Å². The monoisotopic (exact) mass is 389 g/mol. The molecule has 1 saturated heterocycles. The van der Waals surface area contributed by atoms with E-state index in [9.17, 15) is 9.59 Å². The SMILES string of the molecule is CCOC(=O)N1CCN(C(=O)c2cc(NC3CCCCCC3)nc(C)n2)CC1. The average molecular weight is 390 g/mol. The summed E-state index contributed by atoms with van der Waals surface area (Å²) in [6.45, 7) is 5.86. The highest BCUT2D eigenvalue weighted by atomic mass is 16.6. The Hall–Kier alpha value is -2.38. The third-order valence-corrected chi connectivity index (χ3v) is 5.36. The summed E-state index contributed by atoms with van der Waals surface area (Å²) in [4.78, 5) is 37.0. The van der Waals surface area contributed by atoms with Gasteiger partial charge in [-0.1, -0.05) is 25.7 Å². The van der Waals surface area contributed by atoms with E-state index in [1.54, 1.807) is 22.8 Å². The van der Waals surface area contributed by atoms with Gasteiger partial charge in [0, 0.05) is 38.3 Å². The molecule has 2 amide bonds. The first-order valence-corrected chi connectivity index (χ1v) is 10.4. The quantitative estimate of drug-likeness (QED) is 0.797. The molecule has 28 heavy (non-hydrogen) atoms. The fourth-order valence-electron chi connectivity index (χ4n) is 3.85. The molecule has 1 aliphatic heterocycles. The Kier molecular flexibility index (Phi) is 7.06. The van der Waals surface area contributed by atoms with Gasteiger partial charge in [-0.3, -0.25) is 4.79 Å². The summed E-state index contributed by atoms with van der Waals surface area (Å²) < 4.78 is 5.03. The first-order chi connectivity index (χ1) is 13.6. The van der Waals surface area contributed by atoms with Gasteiger partial charge in [0.05, 0.1) is 6.61 Å². The molecule has 2 fully saturated rings. The number of nitrogens with one attached hydrogen (secondary N) is 1. The summed E-state index contributed by atoms with van der Waals surface area (Å²) >= 11 is 0. The van der Waals surface area contributed by atoms with E-state index in [1.165, 1.54) is 25.7 Å². The average Bonchev–Trinajstić information content (AvgIpc) is 2.96. The lowest BCUT2D eigenvalue weighted by Gasteiger charge is -2.33. The van der Waals surface area contributed by atoms with Gasteiger partial charge in [-0.2, -0.15) is 0 Å². The van der Waals surface area contributed by atoms with E-state index < -0.39 is 0 Å². The lowest BCUT2D eigenvalue weighted by atomic mass is 10.1. The van der Waals surface area contributed by atoms with Crippen LogP contribution in [0.2, 0.25) is 0 Å². The van der Waals surface area contributed by atoms with Gasteiger partial charge in [-0.05, 0) is 26.7 Å². The normalized spacial score (nSPS) is 18.5. The largest absolute Gasteiger partial charge is 0.450 e. The molecule has 1 saturated carbocycles. The number of carbonyl (C=O) groups excluding carboxylic acids is 2. The Morgan fingerprint density at radius 3 is 2.36 bits per heavy atom. The molecule has 0 aromatic carbocycles. The molecule has 0 radical (unpaired) electrons. The number of ether oxygens (including phenoxy) is 1. The highest BCUT2D eigenvalue weighted by Crippen LogP contribution is 2.21. The van der Waals surface area contributed by atoms with Crippen molar-refractivity contribution in [1.82, 2.24) is 19.8 Å². The molecule has 2 heterocycles. The van der Waals surface area contributed by atoms with Crippen LogP contribution in [0.5, 0.6) is 0 Å². The van der Waals surface area contributed by atoms with Crippen LogP contribution in [0.4, 0.5) is 10.6 Å². The van der Waals surface area contributed by atoms with Crippen molar-refractivity contribution in [1.29, 1.82) is 0 Å². The number of aromatic nitrogens is 2. The van der Waals surface area contributed by atoms with Gasteiger partial charge >= 0.3 is 6.09 Å². The molecular weight excluding hydrogens is 358 g/mol. The predicted molar refractivity (Wildman–Crippen MR) is 106 cm³/mol. The number of piperazine rings is 1. The maximum atomic E-state index is 12.9. The summed E-state index contributed by atoms with van der Waals surface area (Å²) in [5.41, 5.74) is 0.410. The summed E-state index contributed by atoms with van der Waals surface area (Å²) in [5.74, 6) is 1.21. The van der Waals surface area contributed by atoms with Crippen molar-refractivity contribution >= 4 is 17.8 Å². The number of aryl methyl sites for hydroxylation is 1. The van der Waals surface area contributed by atoms with Gasteiger partial charge in [0.2, 0.25) is 0 Å². The Morgan fingerprint density at radius 1 is 1.07 bits per heavy atom. The van der Waals surface area contributed by atoms with E-state index in [2.05, 4.69) is 15.3 Å². The van der Waals surface area contributed by atoms with Crippen LogP contribution in [-0.2, 0) is 4.74 Å². The van der Waals surface area contributed by atoms with Crippen molar-refractivity contribution in [3.05, 3.63) is 17.6 Å². The highest BCUT2D eigenvalue weighted by Gasteiger charge is 2.26. The van der Waals surface area contributed by atoms with Gasteiger partial charge in [0.15, 0.2) is 0 Å². The van der Waals surface area contributed by atoms with Crippen LogP contribution in [0.1, 0.15) is 61.8 Å². The fraction of sp³-hybridized carbons (Fsp3) is 0.700. The summed E-state index contributed by atoms with van der Waals surface area (Å²) in [7, 11) is 0. The molecule has 1 aromatic heterocycles. The van der Waals surface area contributed by atoms with E-state index in [0.717, 1.165) is 18.7 Å². The second-order valence-electron chi connectivity index (χ2n) is 7.50. The second kappa shape index (κ2) is 9.71. The zero-order valence-corrected chi connectivity index (χ0v) is 16.9. The maximum absolute atomic E-state index is 12.9. The van der Waals surface area contributed by atoms with E-state index in [1.807, 2.05) is 6.92 Å². The molecule has 2 aliphatic rings. The first kappa shape index (κ1) is 20.4. The predicted octanol–water partition coefficient (Wildman–Crippen LogP) is 2.83. The van der Waals surface area contributed by atoms with Crippen LogP contribution in [-0.4, -0.2) is 70.6 Å². The zero-order valence-electron chi connectivity index (χ0n) is 16.9. The highest BCUT2D eigenvalue weighted by molar-refractivity contribution is 5.93. The van der Waals surface area contributed by atoms with Crippen molar-refractivity contribution < 1.29 is 14.3 Å². The third kappa shape index (κ3) is 5.33. The number of hydrogen-bond acceptors (Lipinski definition) is 6. The van der Waals surface area contributed by atoms with Crippen molar-refractivity contribution in [2.45, 2.75) is 58.4 Å².